The van der Waals surface area contributed by atoms with E-state index in [2.05, 4.69) is 10.2 Å². The highest BCUT2D eigenvalue weighted by Gasteiger charge is 2.26. The van der Waals surface area contributed by atoms with Crippen molar-refractivity contribution in [1.82, 2.24) is 5.32 Å². The summed E-state index contributed by atoms with van der Waals surface area (Å²) in [5, 5.41) is 1.89. The predicted octanol–water partition coefficient (Wildman–Crippen LogP) is 2.81. The highest BCUT2D eigenvalue weighted by Crippen LogP contribution is 2.31. The van der Waals surface area contributed by atoms with Crippen molar-refractivity contribution in [3.05, 3.63) is 34.2 Å². The molecule has 0 aromatic heterocycles. The molecular formula is C16H16N2O3S. The van der Waals surface area contributed by atoms with Gasteiger partial charge >= 0.3 is 0 Å². The number of thioether (sulfide) groups is 1. The number of benzene rings is 1. The van der Waals surface area contributed by atoms with Crippen molar-refractivity contribution < 1.29 is 14.4 Å². The first-order valence-corrected chi connectivity index (χ1v) is 8.01. The molecule has 1 aromatic carbocycles. The quantitative estimate of drug-likeness (QED) is 0.686. The molecule has 2 aliphatic heterocycles. The van der Waals surface area contributed by atoms with Gasteiger partial charge in [0, 0.05) is 24.3 Å². The van der Waals surface area contributed by atoms with Crippen molar-refractivity contribution in [2.24, 2.45) is 0 Å². The van der Waals surface area contributed by atoms with E-state index in [4.69, 9.17) is 0 Å². The molecule has 1 aromatic rings. The highest BCUT2D eigenvalue weighted by molar-refractivity contribution is 8.18. The zero-order valence-corrected chi connectivity index (χ0v) is 13.0. The number of Topliss-reactive ketones (excluding diaryl/α,β-unsaturated/α-hetero) is 1. The topological polar surface area (TPSA) is 66.5 Å². The van der Waals surface area contributed by atoms with Crippen molar-refractivity contribution in [2.75, 3.05) is 18.0 Å². The van der Waals surface area contributed by atoms with Gasteiger partial charge in [-0.2, -0.15) is 0 Å². The molecule has 114 valence electrons. The molecule has 2 fully saturated rings. The Morgan fingerprint density at radius 1 is 1.27 bits per heavy atom. The Balaban J connectivity index is 2.04. The molecule has 0 spiro atoms. The normalized spacial score (nSPS) is 19.9. The second-order valence-corrected chi connectivity index (χ2v) is 6.39. The maximum atomic E-state index is 11.7. The van der Waals surface area contributed by atoms with Gasteiger partial charge in [-0.1, -0.05) is 0 Å². The van der Waals surface area contributed by atoms with E-state index in [0.29, 0.717) is 10.5 Å². The second-order valence-electron chi connectivity index (χ2n) is 5.38. The van der Waals surface area contributed by atoms with E-state index in [1.165, 1.54) is 6.92 Å². The van der Waals surface area contributed by atoms with Crippen LogP contribution in [-0.4, -0.2) is 30.0 Å². The molecule has 2 amide bonds. The fraction of sp³-hybridized carbons (Fsp3) is 0.312. The van der Waals surface area contributed by atoms with Gasteiger partial charge in [-0.25, -0.2) is 0 Å². The molecule has 22 heavy (non-hydrogen) atoms. The molecule has 6 heteroatoms. The summed E-state index contributed by atoms with van der Waals surface area (Å²) in [6.45, 7) is 3.45. The van der Waals surface area contributed by atoms with E-state index < -0.39 is 0 Å². The van der Waals surface area contributed by atoms with Gasteiger partial charge in [-0.05, 0) is 61.4 Å². The van der Waals surface area contributed by atoms with Crippen molar-refractivity contribution in [2.45, 2.75) is 19.8 Å². The van der Waals surface area contributed by atoms with E-state index in [1.54, 1.807) is 12.1 Å². The van der Waals surface area contributed by atoms with Crippen LogP contribution in [0.25, 0.3) is 6.08 Å². The van der Waals surface area contributed by atoms with Crippen molar-refractivity contribution in [1.29, 1.82) is 0 Å². The van der Waals surface area contributed by atoms with Crippen LogP contribution in [0.4, 0.5) is 10.5 Å². The maximum absolute atomic E-state index is 11.7. The standard InChI is InChI=1S/C16H16N2O3S/c1-10(19)11-4-5-13(18-6-2-3-7-18)12(8-11)9-14-15(20)17-16(21)22-14/h4-5,8-9H,2-3,6-7H2,1H3,(H,17,20,21)/b14-9-. The Labute approximate surface area is 132 Å². The number of hydrogen-bond donors (Lipinski definition) is 1. The lowest BCUT2D eigenvalue weighted by Gasteiger charge is -2.20. The SMILES string of the molecule is CC(=O)c1ccc(N2CCCC2)c(/C=C2\SC(=O)NC2=O)c1. The number of carbonyl (C=O) groups excluding carboxylic acids is 3. The van der Waals surface area contributed by atoms with Crippen LogP contribution < -0.4 is 10.2 Å². The van der Waals surface area contributed by atoms with Crippen LogP contribution in [0.3, 0.4) is 0 Å². The van der Waals surface area contributed by atoms with Crippen molar-refractivity contribution in [3.63, 3.8) is 0 Å². The maximum Gasteiger partial charge on any atom is 0.290 e. The van der Waals surface area contributed by atoms with E-state index in [-0.39, 0.29) is 16.9 Å². The molecule has 5 nitrogen and oxygen atoms in total. The smallest absolute Gasteiger partial charge is 0.290 e. The lowest BCUT2D eigenvalue weighted by atomic mass is 10.0. The van der Waals surface area contributed by atoms with E-state index in [1.807, 2.05) is 12.1 Å². The molecule has 0 unspecified atom stereocenters. The summed E-state index contributed by atoms with van der Waals surface area (Å²) >= 11 is 0.892. The molecule has 0 bridgehead atoms. The van der Waals surface area contributed by atoms with Crippen LogP contribution in [0, 0.1) is 0 Å². The lowest BCUT2D eigenvalue weighted by molar-refractivity contribution is -0.115. The molecule has 2 aliphatic rings. The van der Waals surface area contributed by atoms with E-state index in [0.717, 1.165) is 48.9 Å². The number of imide groups is 1. The fourth-order valence-electron chi connectivity index (χ4n) is 2.70. The molecule has 1 N–H and O–H groups in total. The monoisotopic (exact) mass is 316 g/mol. The third kappa shape index (κ3) is 2.92. The molecule has 2 saturated heterocycles. The van der Waals surface area contributed by atoms with Crippen LogP contribution in [0.1, 0.15) is 35.7 Å². The second kappa shape index (κ2) is 5.96. The third-order valence-corrected chi connectivity index (χ3v) is 4.62. The Bertz CT molecular complexity index is 691. The molecule has 0 aliphatic carbocycles. The van der Waals surface area contributed by atoms with Gasteiger partial charge in [-0.15, -0.1) is 0 Å². The minimum atomic E-state index is -0.379. The van der Waals surface area contributed by atoms with Crippen LogP contribution >= 0.6 is 11.8 Å². The van der Waals surface area contributed by atoms with Crippen LogP contribution in [0.2, 0.25) is 0 Å². The van der Waals surface area contributed by atoms with Gasteiger partial charge in [0.05, 0.1) is 4.91 Å². The summed E-state index contributed by atoms with van der Waals surface area (Å²) in [6, 6.07) is 5.53. The molecular weight excluding hydrogens is 300 g/mol. The summed E-state index contributed by atoms with van der Waals surface area (Å²) in [6.07, 6.45) is 3.97. The molecule has 3 rings (SSSR count). The zero-order chi connectivity index (χ0) is 15.7. The number of carbonyl (C=O) groups is 3. The summed E-state index contributed by atoms with van der Waals surface area (Å²) < 4.78 is 0. The van der Waals surface area contributed by atoms with Gasteiger partial charge < -0.3 is 4.90 Å². The van der Waals surface area contributed by atoms with Crippen molar-refractivity contribution in [3.8, 4) is 0 Å². The zero-order valence-electron chi connectivity index (χ0n) is 12.2. The van der Waals surface area contributed by atoms with Crippen LogP contribution in [-0.2, 0) is 4.79 Å². The first kappa shape index (κ1) is 14.8. The number of ketones is 1. The predicted molar refractivity (Wildman–Crippen MR) is 87.0 cm³/mol. The number of amides is 2. The fourth-order valence-corrected chi connectivity index (χ4v) is 3.37. The molecule has 0 atom stereocenters. The van der Waals surface area contributed by atoms with Crippen LogP contribution in [0.15, 0.2) is 23.1 Å². The average molecular weight is 316 g/mol. The largest absolute Gasteiger partial charge is 0.371 e. The minimum Gasteiger partial charge on any atom is -0.371 e. The van der Waals surface area contributed by atoms with Gasteiger partial charge in [-0.3, -0.25) is 19.7 Å². The van der Waals surface area contributed by atoms with Crippen molar-refractivity contribution >= 4 is 40.5 Å². The Morgan fingerprint density at radius 3 is 2.59 bits per heavy atom. The molecule has 0 radical (unpaired) electrons. The molecule has 0 saturated carbocycles. The van der Waals surface area contributed by atoms with Gasteiger partial charge in [0.2, 0.25) is 0 Å². The number of nitrogens with zero attached hydrogens (tertiary/aromatic N) is 1. The number of rotatable bonds is 3. The lowest BCUT2D eigenvalue weighted by Crippen LogP contribution is -2.19. The Hall–Kier alpha value is -2.08. The first-order valence-electron chi connectivity index (χ1n) is 7.19. The van der Waals surface area contributed by atoms with E-state index >= 15 is 0 Å². The first-order chi connectivity index (χ1) is 10.5. The molecule has 2 heterocycles. The number of nitrogens with one attached hydrogen (secondary N) is 1. The highest BCUT2D eigenvalue weighted by atomic mass is 32.2. The van der Waals surface area contributed by atoms with Gasteiger partial charge in [0.25, 0.3) is 11.1 Å². The van der Waals surface area contributed by atoms with Crippen LogP contribution in [0.5, 0.6) is 0 Å². The minimum absolute atomic E-state index is 0.0211. The number of hydrogen-bond acceptors (Lipinski definition) is 5. The summed E-state index contributed by atoms with van der Waals surface area (Å²) in [7, 11) is 0. The van der Waals surface area contributed by atoms with E-state index in [9.17, 15) is 14.4 Å². The summed E-state index contributed by atoms with van der Waals surface area (Å²) in [4.78, 5) is 37.3. The average Bonchev–Trinajstić information content (AvgIpc) is 3.09. The summed E-state index contributed by atoms with van der Waals surface area (Å²) in [5.74, 6) is -0.400. The third-order valence-electron chi connectivity index (χ3n) is 3.81. The van der Waals surface area contributed by atoms with Gasteiger partial charge in [0.15, 0.2) is 5.78 Å². The van der Waals surface area contributed by atoms with Gasteiger partial charge in [0.1, 0.15) is 0 Å². The Morgan fingerprint density at radius 2 is 2.00 bits per heavy atom. The number of anilines is 1. The summed E-state index contributed by atoms with van der Waals surface area (Å²) in [5.41, 5.74) is 2.41. The Kier molecular flexibility index (Phi) is 4.02.